The number of halogens is 3. The third kappa shape index (κ3) is 4.12. The van der Waals surface area contributed by atoms with Gasteiger partial charge in [0, 0.05) is 30.6 Å². The monoisotopic (exact) mass is 566 g/mol. The van der Waals surface area contributed by atoms with E-state index in [1.165, 1.54) is 35.8 Å². The van der Waals surface area contributed by atoms with Gasteiger partial charge in [-0.05, 0) is 25.0 Å². The molecule has 0 aliphatic carbocycles. The highest BCUT2D eigenvalue weighted by atomic mass is 35.5. The van der Waals surface area contributed by atoms with E-state index in [2.05, 4.69) is 20.2 Å². The first-order chi connectivity index (χ1) is 19.4. The van der Waals surface area contributed by atoms with Gasteiger partial charge in [0.1, 0.15) is 35.8 Å². The number of fused-ring (bicyclic) bond motifs is 2. The number of aromatic hydroxyl groups is 1. The number of phenolic OH excluding ortho intramolecular Hbond substituents is 1. The van der Waals surface area contributed by atoms with Gasteiger partial charge in [-0.15, -0.1) is 0 Å². The Labute approximate surface area is 231 Å². The van der Waals surface area contributed by atoms with E-state index in [0.29, 0.717) is 31.6 Å². The van der Waals surface area contributed by atoms with E-state index in [-0.39, 0.29) is 58.0 Å². The third-order valence-corrected chi connectivity index (χ3v) is 7.68. The van der Waals surface area contributed by atoms with E-state index < -0.39 is 23.4 Å². The number of hydrogen-bond donors (Lipinski definition) is 1. The summed E-state index contributed by atoms with van der Waals surface area (Å²) in [6.45, 7) is 0.456. The van der Waals surface area contributed by atoms with E-state index in [0.717, 1.165) is 10.9 Å². The van der Waals surface area contributed by atoms with Gasteiger partial charge >= 0.3 is 6.03 Å². The molecule has 2 aliphatic heterocycles. The highest BCUT2D eigenvalue weighted by Gasteiger charge is 2.38. The normalized spacial score (nSPS) is 18.3. The molecule has 1 saturated heterocycles. The molecule has 1 N–H and O–H groups in total. The van der Waals surface area contributed by atoms with Crippen molar-refractivity contribution in [3.05, 3.63) is 53.6 Å². The largest absolute Gasteiger partial charge is 0.507 e. The molecule has 2 aliphatic rings. The lowest BCUT2D eigenvalue weighted by molar-refractivity contribution is 0.154. The lowest BCUT2D eigenvalue weighted by atomic mass is 9.92. The molecule has 2 aromatic carbocycles. The van der Waals surface area contributed by atoms with Crippen LogP contribution in [-0.2, 0) is 0 Å². The van der Waals surface area contributed by atoms with Crippen molar-refractivity contribution in [3.8, 4) is 28.7 Å². The van der Waals surface area contributed by atoms with Crippen molar-refractivity contribution in [1.82, 2.24) is 29.9 Å². The Hall–Kier alpha value is -4.57. The molecule has 204 valence electrons. The van der Waals surface area contributed by atoms with Crippen molar-refractivity contribution in [1.29, 1.82) is 5.26 Å². The predicted octanol–water partition coefficient (Wildman–Crippen LogP) is 4.14. The minimum atomic E-state index is -0.916. The number of carbonyl (C=O) groups is 1. The summed E-state index contributed by atoms with van der Waals surface area (Å²) in [5, 5.41) is 27.6. The molecule has 1 fully saturated rings. The highest BCUT2D eigenvalue weighted by molar-refractivity contribution is 6.36. The molecule has 40 heavy (non-hydrogen) atoms. The first-order valence-electron chi connectivity index (χ1n) is 12.5. The molecule has 11 nitrogen and oxygen atoms in total. The van der Waals surface area contributed by atoms with Gasteiger partial charge in [0.05, 0.1) is 41.0 Å². The van der Waals surface area contributed by atoms with Crippen LogP contribution in [0.15, 0.2) is 36.9 Å². The molecule has 2 aromatic heterocycles. The number of rotatable bonds is 3. The summed E-state index contributed by atoms with van der Waals surface area (Å²) in [7, 11) is 0. The van der Waals surface area contributed by atoms with Crippen molar-refractivity contribution in [2.75, 3.05) is 24.6 Å². The zero-order chi connectivity index (χ0) is 28.0. The van der Waals surface area contributed by atoms with E-state index in [9.17, 15) is 19.6 Å². The minimum Gasteiger partial charge on any atom is -0.507 e. The SMILES string of the molecule is N#CCN(C(=O)n1nccn1)C1CCN2c3ncnc4c(F)c(-c5c(O)cccc5F)c(Cl)c(c34)OCCC2C1. The molecule has 6 rings (SSSR count). The van der Waals surface area contributed by atoms with Gasteiger partial charge in [-0.1, -0.05) is 22.5 Å². The zero-order valence-corrected chi connectivity index (χ0v) is 21.6. The summed E-state index contributed by atoms with van der Waals surface area (Å²) < 4.78 is 36.8. The molecule has 0 saturated carbocycles. The summed E-state index contributed by atoms with van der Waals surface area (Å²) >= 11 is 6.66. The second-order valence-corrected chi connectivity index (χ2v) is 9.81. The van der Waals surface area contributed by atoms with Crippen LogP contribution >= 0.6 is 11.6 Å². The van der Waals surface area contributed by atoms with Gasteiger partial charge in [0.2, 0.25) is 0 Å². The Kier molecular flexibility index (Phi) is 6.55. The number of piperidine rings is 1. The molecular formula is C26H21ClF2N8O3. The number of ether oxygens (including phenoxy) is 1. The molecule has 0 spiro atoms. The number of aromatic nitrogens is 5. The van der Waals surface area contributed by atoms with Crippen LogP contribution in [0.3, 0.4) is 0 Å². The Morgan fingerprint density at radius 3 is 2.77 bits per heavy atom. The fourth-order valence-electron chi connectivity index (χ4n) is 5.54. The Morgan fingerprint density at radius 2 is 2.02 bits per heavy atom. The van der Waals surface area contributed by atoms with Gasteiger partial charge < -0.3 is 19.6 Å². The molecule has 4 heterocycles. The number of benzene rings is 2. The van der Waals surface area contributed by atoms with Crippen molar-refractivity contribution in [2.24, 2.45) is 0 Å². The second-order valence-electron chi connectivity index (χ2n) is 9.44. The van der Waals surface area contributed by atoms with Crippen LogP contribution in [0.5, 0.6) is 11.5 Å². The molecule has 0 bridgehead atoms. The van der Waals surface area contributed by atoms with Gasteiger partial charge in [-0.3, -0.25) is 0 Å². The molecule has 2 atom stereocenters. The Morgan fingerprint density at radius 1 is 1.23 bits per heavy atom. The molecule has 0 radical (unpaired) electrons. The van der Waals surface area contributed by atoms with E-state index in [1.807, 2.05) is 11.0 Å². The van der Waals surface area contributed by atoms with Crippen molar-refractivity contribution >= 4 is 34.4 Å². The number of amides is 1. The van der Waals surface area contributed by atoms with Crippen LogP contribution in [0.25, 0.3) is 22.0 Å². The summed E-state index contributed by atoms with van der Waals surface area (Å²) in [5.74, 6) is -1.76. The van der Waals surface area contributed by atoms with E-state index >= 15 is 4.39 Å². The van der Waals surface area contributed by atoms with Gasteiger partial charge in [0.25, 0.3) is 0 Å². The lowest BCUT2D eigenvalue weighted by Crippen LogP contribution is -2.53. The number of carbonyl (C=O) groups excluding carboxylic acids is 1. The Bertz CT molecular complexity index is 1640. The number of nitriles is 1. The number of hydrogen-bond acceptors (Lipinski definition) is 9. The number of nitrogens with zero attached hydrogens (tertiary/aromatic N) is 8. The maximum atomic E-state index is 16.0. The van der Waals surface area contributed by atoms with Crippen LogP contribution in [0.2, 0.25) is 5.02 Å². The maximum absolute atomic E-state index is 16.0. The molecule has 2 unspecified atom stereocenters. The van der Waals surface area contributed by atoms with E-state index in [1.54, 1.807) is 0 Å². The van der Waals surface area contributed by atoms with Crippen molar-refractivity contribution < 1.29 is 23.4 Å². The third-order valence-electron chi connectivity index (χ3n) is 7.32. The van der Waals surface area contributed by atoms with Crippen molar-refractivity contribution in [2.45, 2.75) is 31.3 Å². The van der Waals surface area contributed by atoms with Crippen LogP contribution in [-0.4, -0.2) is 72.8 Å². The van der Waals surface area contributed by atoms with Gasteiger partial charge in [-0.25, -0.2) is 23.5 Å². The lowest BCUT2D eigenvalue weighted by Gasteiger charge is -2.44. The topological polar surface area (TPSA) is 133 Å². The smallest absolute Gasteiger partial charge is 0.363 e. The summed E-state index contributed by atoms with van der Waals surface area (Å²) in [6.07, 6.45) is 5.45. The second kappa shape index (κ2) is 10.2. The highest BCUT2D eigenvalue weighted by Crippen LogP contribution is 2.49. The van der Waals surface area contributed by atoms with Crippen LogP contribution in [0, 0.1) is 23.0 Å². The van der Waals surface area contributed by atoms with Crippen LogP contribution in [0.1, 0.15) is 19.3 Å². The summed E-state index contributed by atoms with van der Waals surface area (Å²) in [4.78, 5) is 26.0. The van der Waals surface area contributed by atoms with Crippen molar-refractivity contribution in [3.63, 3.8) is 0 Å². The fourth-order valence-corrected chi connectivity index (χ4v) is 5.87. The summed E-state index contributed by atoms with van der Waals surface area (Å²) in [5.41, 5.74) is -0.865. The predicted molar refractivity (Wildman–Crippen MR) is 139 cm³/mol. The molecule has 14 heteroatoms. The molecular weight excluding hydrogens is 546 g/mol. The fraction of sp³-hybridized carbons (Fsp3) is 0.308. The van der Waals surface area contributed by atoms with Crippen LogP contribution in [0.4, 0.5) is 19.4 Å². The zero-order valence-electron chi connectivity index (χ0n) is 20.8. The molecule has 4 aromatic rings. The molecule has 1 amide bonds. The first-order valence-corrected chi connectivity index (χ1v) is 12.9. The maximum Gasteiger partial charge on any atom is 0.363 e. The van der Waals surface area contributed by atoms with Gasteiger partial charge in [-0.2, -0.15) is 15.5 Å². The number of phenols is 1. The number of anilines is 1. The quantitative estimate of drug-likeness (QED) is 0.363. The average Bonchev–Trinajstić information content (AvgIpc) is 3.48. The summed E-state index contributed by atoms with van der Waals surface area (Å²) in [6, 6.07) is 4.72. The minimum absolute atomic E-state index is 0.0953. The van der Waals surface area contributed by atoms with Crippen LogP contribution < -0.4 is 9.64 Å². The first kappa shape index (κ1) is 25.7. The Balaban J connectivity index is 1.42. The van der Waals surface area contributed by atoms with Gasteiger partial charge in [0.15, 0.2) is 11.6 Å². The average molecular weight is 567 g/mol. The standard InChI is InChI=1S/C26H21ClF2N8O3/c27-21-19(18-16(28)2-1-3-17(18)38)22(29)23-20-24(21)40-11-5-15-12-14(4-9-35(15)25(20)32-13-31-23)36(10-6-30)26(39)37-33-7-8-34-37/h1-3,7-8,13-15,38H,4-5,9-12H2. The van der Waals surface area contributed by atoms with E-state index in [4.69, 9.17) is 16.3 Å².